The second kappa shape index (κ2) is 13.1. The number of hydrogen-bond acceptors (Lipinski definition) is 7. The molecule has 1 amide bonds. The number of carboxylic acids is 1. The van der Waals surface area contributed by atoms with Crippen LogP contribution in [0.15, 0.2) is 131 Å². The summed E-state index contributed by atoms with van der Waals surface area (Å²) < 4.78 is 53.8. The number of likely N-dealkylation sites (N-methyl/N-ethyl adjacent to an activating group) is 1. The van der Waals surface area contributed by atoms with Gasteiger partial charge in [0, 0.05) is 49.3 Å². The summed E-state index contributed by atoms with van der Waals surface area (Å²) in [7, 11) is -5.58. The van der Waals surface area contributed by atoms with Gasteiger partial charge in [0.1, 0.15) is 0 Å². The Bertz CT molecular complexity index is 2340. The smallest absolute Gasteiger partial charge is 0.337 e. The summed E-state index contributed by atoms with van der Waals surface area (Å²) in [6.07, 6.45) is 2.61. The third-order valence-electron chi connectivity index (χ3n) is 8.21. The van der Waals surface area contributed by atoms with Crippen LogP contribution in [0.3, 0.4) is 0 Å². The number of rotatable bonds is 6. The zero-order chi connectivity index (χ0) is 34.1. The minimum absolute atomic E-state index is 0.0369. The van der Waals surface area contributed by atoms with Gasteiger partial charge in [-0.3, -0.25) is 4.79 Å². The number of fused-ring (bicyclic) bond motifs is 2. The Balaban J connectivity index is 0.000000173. The molecular weight excluding hydrogens is 653 g/mol. The molecule has 1 aliphatic heterocycles. The van der Waals surface area contributed by atoms with Crippen molar-refractivity contribution in [3.05, 3.63) is 133 Å². The molecule has 1 saturated heterocycles. The Labute approximate surface area is 278 Å². The van der Waals surface area contributed by atoms with E-state index in [2.05, 4.69) is 4.90 Å². The summed E-state index contributed by atoms with van der Waals surface area (Å²) >= 11 is 0. The normalized spacial score (nSPS) is 14.1. The van der Waals surface area contributed by atoms with Gasteiger partial charge < -0.3 is 14.9 Å². The summed E-state index contributed by atoms with van der Waals surface area (Å²) in [5.74, 6) is -1.28. The van der Waals surface area contributed by atoms with Crippen LogP contribution in [0, 0.1) is 0 Å². The van der Waals surface area contributed by atoms with Crippen LogP contribution in [-0.2, 0) is 20.0 Å². The molecule has 246 valence electrons. The minimum atomic E-state index is -3.82. The summed E-state index contributed by atoms with van der Waals surface area (Å²) in [5.41, 5.74) is 1.25. The number of carboxylic acid groups (broad SMARTS) is 1. The average molecular weight is 685 g/mol. The van der Waals surface area contributed by atoms with Crippen molar-refractivity contribution in [2.45, 2.75) is 9.79 Å². The molecule has 0 atom stereocenters. The highest BCUT2D eigenvalue weighted by Crippen LogP contribution is 2.28. The van der Waals surface area contributed by atoms with Crippen molar-refractivity contribution in [2.24, 2.45) is 0 Å². The van der Waals surface area contributed by atoms with E-state index in [1.165, 1.54) is 22.3 Å². The lowest BCUT2D eigenvalue weighted by atomic mass is 10.1. The fourth-order valence-corrected chi connectivity index (χ4v) is 8.41. The second-order valence-electron chi connectivity index (χ2n) is 11.2. The van der Waals surface area contributed by atoms with Crippen LogP contribution in [0.1, 0.15) is 20.7 Å². The molecule has 11 nitrogen and oxygen atoms in total. The lowest BCUT2D eigenvalue weighted by Crippen LogP contribution is -2.47. The molecule has 48 heavy (non-hydrogen) atoms. The number of amides is 1. The number of piperazine rings is 1. The fourth-order valence-electron chi connectivity index (χ4n) is 5.63. The molecule has 2 aromatic heterocycles. The molecule has 1 N–H and O–H groups in total. The van der Waals surface area contributed by atoms with E-state index in [0.717, 1.165) is 23.3 Å². The molecule has 0 bridgehead atoms. The molecular formula is C35H32N4O7S2. The van der Waals surface area contributed by atoms with E-state index in [0.29, 0.717) is 40.5 Å². The summed E-state index contributed by atoms with van der Waals surface area (Å²) in [4.78, 5) is 28.7. The van der Waals surface area contributed by atoms with Gasteiger partial charge in [-0.2, -0.15) is 0 Å². The number of carbonyl (C=O) groups is 2. The SMILES string of the molecule is CN1CCN(C(=O)c2cn(S(=O)(=O)c3ccccc3)c3ccccc23)CC1.O=C(O)c1cn(S(=O)(=O)c2ccccc2)c2ccccc12. The van der Waals surface area contributed by atoms with Crippen molar-refractivity contribution in [1.82, 2.24) is 17.7 Å². The van der Waals surface area contributed by atoms with Crippen LogP contribution >= 0.6 is 0 Å². The predicted molar refractivity (Wildman–Crippen MR) is 182 cm³/mol. The van der Waals surface area contributed by atoms with E-state index in [-0.39, 0.29) is 21.3 Å². The quantitative estimate of drug-likeness (QED) is 0.263. The Kier molecular flexibility index (Phi) is 8.93. The number of hydrogen-bond donors (Lipinski definition) is 1. The Hall–Kier alpha value is -5.24. The first kappa shape index (κ1) is 32.7. The number of benzene rings is 4. The van der Waals surface area contributed by atoms with E-state index < -0.39 is 26.0 Å². The molecule has 7 rings (SSSR count). The van der Waals surface area contributed by atoms with Crippen molar-refractivity contribution in [3.63, 3.8) is 0 Å². The maximum absolute atomic E-state index is 13.1. The van der Waals surface area contributed by atoms with E-state index in [4.69, 9.17) is 0 Å². The Morgan fingerprint density at radius 3 is 1.42 bits per heavy atom. The second-order valence-corrected chi connectivity index (χ2v) is 14.9. The van der Waals surface area contributed by atoms with Gasteiger partial charge in [0.2, 0.25) is 0 Å². The Morgan fingerprint density at radius 1 is 0.562 bits per heavy atom. The van der Waals surface area contributed by atoms with Crippen LogP contribution in [0.5, 0.6) is 0 Å². The molecule has 0 radical (unpaired) electrons. The number of aromatic nitrogens is 2. The van der Waals surface area contributed by atoms with Gasteiger partial charge in [0.25, 0.3) is 26.0 Å². The first-order chi connectivity index (χ1) is 23.0. The fraction of sp³-hybridized carbons (Fsp3) is 0.143. The molecule has 4 aromatic carbocycles. The summed E-state index contributed by atoms with van der Waals surface area (Å²) in [6, 6.07) is 29.9. The van der Waals surface area contributed by atoms with E-state index in [1.54, 1.807) is 95.9 Å². The maximum Gasteiger partial charge on any atom is 0.337 e. The first-order valence-electron chi connectivity index (χ1n) is 15.0. The highest BCUT2D eigenvalue weighted by Gasteiger charge is 2.27. The lowest BCUT2D eigenvalue weighted by Gasteiger charge is -2.32. The van der Waals surface area contributed by atoms with Gasteiger partial charge in [-0.15, -0.1) is 0 Å². The Morgan fingerprint density at radius 2 is 0.958 bits per heavy atom. The van der Waals surface area contributed by atoms with Gasteiger partial charge in [-0.25, -0.2) is 29.6 Å². The number of aromatic carboxylic acids is 1. The molecule has 0 spiro atoms. The zero-order valence-corrected chi connectivity index (χ0v) is 27.5. The van der Waals surface area contributed by atoms with Crippen molar-refractivity contribution in [1.29, 1.82) is 0 Å². The molecule has 1 aliphatic rings. The van der Waals surface area contributed by atoms with Gasteiger partial charge in [0.15, 0.2) is 0 Å². The van der Waals surface area contributed by atoms with E-state index in [1.807, 2.05) is 13.1 Å². The van der Waals surface area contributed by atoms with Crippen LogP contribution in [0.2, 0.25) is 0 Å². The largest absolute Gasteiger partial charge is 0.478 e. The van der Waals surface area contributed by atoms with Gasteiger partial charge in [0.05, 0.1) is 32.0 Å². The average Bonchev–Trinajstić information content (AvgIpc) is 3.70. The minimum Gasteiger partial charge on any atom is -0.478 e. The predicted octanol–water partition coefficient (Wildman–Crippen LogP) is 4.84. The molecule has 0 unspecified atom stereocenters. The summed E-state index contributed by atoms with van der Waals surface area (Å²) in [6.45, 7) is 2.90. The van der Waals surface area contributed by atoms with Crippen LogP contribution < -0.4 is 0 Å². The molecule has 0 aliphatic carbocycles. The standard InChI is InChI=1S/C20H21N3O3S.C15H11NO4S/c1-21-11-13-22(14-12-21)20(24)18-15-23(19-10-6-5-9-17(18)19)27(25,26)16-7-3-2-4-8-16;17-15(18)13-10-16(14-9-5-4-8-12(13)14)21(19,20)11-6-2-1-3-7-11/h2-10,15H,11-14H2,1H3;1-10H,(H,17,18). The van der Waals surface area contributed by atoms with Gasteiger partial charge in [-0.1, -0.05) is 72.8 Å². The highest BCUT2D eigenvalue weighted by atomic mass is 32.2. The van der Waals surface area contributed by atoms with Crippen LogP contribution in [0.25, 0.3) is 21.8 Å². The molecule has 1 fully saturated rings. The van der Waals surface area contributed by atoms with Crippen LogP contribution in [-0.4, -0.2) is 84.8 Å². The monoisotopic (exact) mass is 684 g/mol. The number of nitrogens with zero attached hydrogens (tertiary/aromatic N) is 4. The molecule has 3 heterocycles. The van der Waals surface area contributed by atoms with Crippen LogP contribution in [0.4, 0.5) is 0 Å². The van der Waals surface area contributed by atoms with E-state index in [9.17, 15) is 31.5 Å². The third-order valence-corrected chi connectivity index (χ3v) is 11.6. The topological polar surface area (TPSA) is 139 Å². The van der Waals surface area contributed by atoms with Crippen molar-refractivity contribution < 1.29 is 31.5 Å². The zero-order valence-electron chi connectivity index (χ0n) is 25.9. The van der Waals surface area contributed by atoms with Crippen molar-refractivity contribution in [3.8, 4) is 0 Å². The molecule has 0 saturated carbocycles. The highest BCUT2D eigenvalue weighted by molar-refractivity contribution is 7.90. The van der Waals surface area contributed by atoms with Crippen molar-refractivity contribution in [2.75, 3.05) is 33.2 Å². The van der Waals surface area contributed by atoms with Crippen molar-refractivity contribution >= 4 is 53.7 Å². The summed E-state index contributed by atoms with van der Waals surface area (Å²) in [5, 5.41) is 10.3. The number of carbonyl (C=O) groups excluding carboxylic acids is 1. The third kappa shape index (κ3) is 6.10. The number of para-hydroxylation sites is 2. The van der Waals surface area contributed by atoms with E-state index >= 15 is 0 Å². The molecule has 13 heteroatoms. The van der Waals surface area contributed by atoms with Gasteiger partial charge >= 0.3 is 5.97 Å². The first-order valence-corrected chi connectivity index (χ1v) is 17.9. The lowest BCUT2D eigenvalue weighted by molar-refractivity contribution is 0.0664. The maximum atomic E-state index is 13.1. The van der Waals surface area contributed by atoms with Gasteiger partial charge in [-0.05, 0) is 43.4 Å². The molecule has 6 aromatic rings.